The van der Waals surface area contributed by atoms with Gasteiger partial charge in [0.05, 0.1) is 28.4 Å². The Morgan fingerprint density at radius 2 is 1.66 bits per heavy atom. The first-order chi connectivity index (χ1) is 19.9. The molecular weight excluding hydrogens is 536 g/mol. The lowest BCUT2D eigenvalue weighted by Gasteiger charge is -2.23. The number of nitrogens with zero attached hydrogens (tertiary/aromatic N) is 2. The number of para-hydroxylation sites is 1. The lowest BCUT2D eigenvalue weighted by molar-refractivity contribution is -0.132. The van der Waals surface area contributed by atoms with Gasteiger partial charge in [-0.2, -0.15) is 0 Å². The third kappa shape index (κ3) is 5.05. The van der Waals surface area contributed by atoms with E-state index in [-0.39, 0.29) is 11.3 Å². The summed E-state index contributed by atoms with van der Waals surface area (Å²) in [4.78, 5) is 33.3. The quantitative estimate of drug-likeness (QED) is 0.126. The molecular formula is C33H26N2O5S. The molecule has 1 aliphatic rings. The van der Waals surface area contributed by atoms with Crippen LogP contribution in [0.15, 0.2) is 103 Å². The van der Waals surface area contributed by atoms with E-state index >= 15 is 0 Å². The lowest BCUT2D eigenvalue weighted by atomic mass is 9.95. The maximum absolute atomic E-state index is 13.7. The molecule has 0 saturated carbocycles. The molecule has 1 atom stereocenters. The first-order valence-electron chi connectivity index (χ1n) is 13.2. The maximum atomic E-state index is 13.7. The Hall–Kier alpha value is -4.95. The number of Topliss-reactive ketones (excluding diaryl/α,β-unsaturated/α-hetero) is 1. The number of aliphatic hydroxyl groups excluding tert-OH is 1. The SMILES string of the molecule is CCOc1ccc2nc(N3C(=O)C(=O)/C(=C(/O)c4ccc(C)cc4)C3c3cccc(Oc4ccccc4)c3)sc2c1. The Balaban J connectivity index is 1.50. The molecule has 1 N–H and O–H groups in total. The van der Waals surface area contributed by atoms with Crippen molar-refractivity contribution in [3.05, 3.63) is 119 Å². The van der Waals surface area contributed by atoms with Crippen molar-refractivity contribution in [2.45, 2.75) is 19.9 Å². The summed E-state index contributed by atoms with van der Waals surface area (Å²) in [5.74, 6) is 0.0812. The van der Waals surface area contributed by atoms with Crippen LogP contribution in [0.5, 0.6) is 17.2 Å². The standard InChI is InChI=1S/C33H26N2O5S/c1-3-39-24-16-17-26-27(19-24)41-33(34-26)35-29(22-8-7-11-25(18-22)40-23-9-5-4-6-10-23)28(31(37)32(35)38)30(36)21-14-12-20(2)13-15-21/h4-19,29,36H,3H2,1-2H3/b30-28+. The van der Waals surface area contributed by atoms with Crippen LogP contribution in [-0.4, -0.2) is 28.4 Å². The van der Waals surface area contributed by atoms with Crippen molar-refractivity contribution in [2.24, 2.45) is 0 Å². The van der Waals surface area contributed by atoms with Gasteiger partial charge >= 0.3 is 5.91 Å². The van der Waals surface area contributed by atoms with Crippen molar-refractivity contribution in [1.29, 1.82) is 0 Å². The molecule has 6 rings (SSSR count). The van der Waals surface area contributed by atoms with Crippen molar-refractivity contribution in [1.82, 2.24) is 4.98 Å². The number of carbonyl (C=O) groups is 2. The second-order valence-electron chi connectivity index (χ2n) is 9.58. The molecule has 0 spiro atoms. The van der Waals surface area contributed by atoms with Crippen LogP contribution in [0.1, 0.15) is 29.7 Å². The van der Waals surface area contributed by atoms with E-state index in [0.29, 0.717) is 45.6 Å². The minimum Gasteiger partial charge on any atom is -0.507 e. The van der Waals surface area contributed by atoms with Crippen LogP contribution in [-0.2, 0) is 9.59 Å². The highest BCUT2D eigenvalue weighted by Crippen LogP contribution is 2.45. The molecule has 204 valence electrons. The smallest absolute Gasteiger partial charge is 0.301 e. The molecule has 1 amide bonds. The van der Waals surface area contributed by atoms with Gasteiger partial charge in [-0.15, -0.1) is 0 Å². The van der Waals surface area contributed by atoms with E-state index in [9.17, 15) is 14.7 Å². The van der Waals surface area contributed by atoms with E-state index in [2.05, 4.69) is 0 Å². The van der Waals surface area contributed by atoms with Crippen LogP contribution in [0.4, 0.5) is 5.13 Å². The number of carbonyl (C=O) groups excluding carboxylic acids is 2. The van der Waals surface area contributed by atoms with E-state index in [1.165, 1.54) is 16.2 Å². The molecule has 5 aromatic rings. The Labute approximate surface area is 240 Å². The molecule has 0 aliphatic carbocycles. The van der Waals surface area contributed by atoms with Gasteiger partial charge in [0.15, 0.2) is 5.13 Å². The number of hydrogen-bond donors (Lipinski definition) is 1. The normalized spacial score (nSPS) is 16.3. The molecule has 1 fully saturated rings. The first-order valence-corrected chi connectivity index (χ1v) is 14.0. The third-order valence-electron chi connectivity index (χ3n) is 6.79. The first kappa shape index (κ1) is 26.3. The molecule has 0 bridgehead atoms. The minimum atomic E-state index is -0.928. The van der Waals surface area contributed by atoms with E-state index in [1.807, 2.05) is 80.6 Å². The third-order valence-corrected chi connectivity index (χ3v) is 7.81. The summed E-state index contributed by atoms with van der Waals surface area (Å²) in [5, 5.41) is 11.8. The van der Waals surface area contributed by atoms with Gasteiger partial charge < -0.3 is 14.6 Å². The summed E-state index contributed by atoms with van der Waals surface area (Å²) < 4.78 is 12.5. The molecule has 1 aliphatic heterocycles. The fourth-order valence-corrected chi connectivity index (χ4v) is 5.86. The highest BCUT2D eigenvalue weighted by Gasteiger charge is 2.48. The van der Waals surface area contributed by atoms with E-state index < -0.39 is 17.7 Å². The van der Waals surface area contributed by atoms with E-state index in [4.69, 9.17) is 14.5 Å². The van der Waals surface area contributed by atoms with Crippen molar-refractivity contribution in [3.8, 4) is 17.2 Å². The van der Waals surface area contributed by atoms with E-state index in [0.717, 1.165) is 10.3 Å². The van der Waals surface area contributed by atoms with Gasteiger partial charge in [0.25, 0.3) is 5.78 Å². The topological polar surface area (TPSA) is 89.0 Å². The summed E-state index contributed by atoms with van der Waals surface area (Å²) in [7, 11) is 0. The van der Waals surface area contributed by atoms with Crippen LogP contribution in [0.2, 0.25) is 0 Å². The predicted molar refractivity (Wildman–Crippen MR) is 160 cm³/mol. The Kier molecular flexibility index (Phi) is 6.99. The number of ketones is 1. The number of benzene rings is 4. The highest BCUT2D eigenvalue weighted by atomic mass is 32.1. The molecule has 7 nitrogen and oxygen atoms in total. The average molecular weight is 563 g/mol. The largest absolute Gasteiger partial charge is 0.507 e. The van der Waals surface area contributed by atoms with Crippen LogP contribution < -0.4 is 14.4 Å². The van der Waals surface area contributed by atoms with Crippen molar-refractivity contribution >= 4 is 44.1 Å². The number of ether oxygens (including phenoxy) is 2. The summed E-state index contributed by atoms with van der Waals surface area (Å²) in [6.45, 7) is 4.36. The average Bonchev–Trinajstić information content (AvgIpc) is 3.51. The molecule has 41 heavy (non-hydrogen) atoms. The second kappa shape index (κ2) is 10.9. The number of thiazole rings is 1. The van der Waals surface area contributed by atoms with Crippen molar-refractivity contribution in [3.63, 3.8) is 0 Å². The van der Waals surface area contributed by atoms with Gasteiger partial charge in [-0.05, 0) is 61.9 Å². The number of fused-ring (bicyclic) bond motifs is 1. The lowest BCUT2D eigenvalue weighted by Crippen LogP contribution is -2.29. The van der Waals surface area contributed by atoms with Crippen molar-refractivity contribution in [2.75, 3.05) is 11.5 Å². The second-order valence-corrected chi connectivity index (χ2v) is 10.6. The summed E-state index contributed by atoms with van der Waals surface area (Å²) in [6, 6.07) is 28.3. The number of amides is 1. The molecule has 4 aromatic carbocycles. The van der Waals surface area contributed by atoms with Gasteiger partial charge in [0.2, 0.25) is 0 Å². The van der Waals surface area contributed by atoms with Gasteiger partial charge in [-0.25, -0.2) is 4.98 Å². The molecule has 0 radical (unpaired) electrons. The number of aliphatic hydroxyl groups is 1. The van der Waals surface area contributed by atoms with Gasteiger partial charge in [0, 0.05) is 5.56 Å². The van der Waals surface area contributed by atoms with Gasteiger partial charge in [0.1, 0.15) is 23.0 Å². The fourth-order valence-electron chi connectivity index (χ4n) is 4.84. The number of anilines is 1. The van der Waals surface area contributed by atoms with Crippen LogP contribution in [0.3, 0.4) is 0 Å². The van der Waals surface area contributed by atoms with Gasteiger partial charge in [-0.3, -0.25) is 14.5 Å². The number of rotatable bonds is 7. The maximum Gasteiger partial charge on any atom is 0.301 e. The zero-order chi connectivity index (χ0) is 28.5. The Morgan fingerprint density at radius 1 is 0.902 bits per heavy atom. The Bertz CT molecular complexity index is 1790. The van der Waals surface area contributed by atoms with Crippen LogP contribution >= 0.6 is 11.3 Å². The summed E-state index contributed by atoms with van der Waals surface area (Å²) >= 11 is 1.28. The predicted octanol–water partition coefficient (Wildman–Crippen LogP) is 7.42. The zero-order valence-electron chi connectivity index (χ0n) is 22.4. The number of aromatic nitrogens is 1. The van der Waals surface area contributed by atoms with Crippen LogP contribution in [0.25, 0.3) is 16.0 Å². The van der Waals surface area contributed by atoms with Crippen LogP contribution in [0, 0.1) is 6.92 Å². The van der Waals surface area contributed by atoms with Gasteiger partial charge in [-0.1, -0.05) is 71.5 Å². The fraction of sp³-hybridized carbons (Fsp3) is 0.121. The monoisotopic (exact) mass is 562 g/mol. The number of aryl methyl sites for hydroxylation is 1. The molecule has 8 heteroatoms. The number of hydrogen-bond acceptors (Lipinski definition) is 7. The summed E-state index contributed by atoms with van der Waals surface area (Å²) in [5.41, 5.74) is 2.71. The Morgan fingerprint density at radius 3 is 2.41 bits per heavy atom. The molecule has 2 heterocycles. The highest BCUT2D eigenvalue weighted by molar-refractivity contribution is 7.22. The summed E-state index contributed by atoms with van der Waals surface area (Å²) in [6.07, 6.45) is 0. The van der Waals surface area contributed by atoms with E-state index in [1.54, 1.807) is 30.3 Å². The van der Waals surface area contributed by atoms with Crippen molar-refractivity contribution < 1.29 is 24.2 Å². The minimum absolute atomic E-state index is 0.00928. The molecule has 1 saturated heterocycles. The molecule has 1 aromatic heterocycles. The zero-order valence-corrected chi connectivity index (χ0v) is 23.2. The molecule has 1 unspecified atom stereocenters.